The number of anilines is 1. The Balaban J connectivity index is 1.35. The van der Waals surface area contributed by atoms with Crippen LogP contribution in [0.3, 0.4) is 0 Å². The highest BCUT2D eigenvalue weighted by Crippen LogP contribution is 2.47. The van der Waals surface area contributed by atoms with Crippen LogP contribution in [0.5, 0.6) is 0 Å². The second kappa shape index (κ2) is 6.52. The number of amides is 2. The fraction of sp³-hybridized carbons (Fsp3) is 0.611. The second-order valence-corrected chi connectivity index (χ2v) is 8.70. The third-order valence-corrected chi connectivity index (χ3v) is 6.96. The highest BCUT2D eigenvalue weighted by atomic mass is 32.2. The van der Waals surface area contributed by atoms with Crippen LogP contribution >= 0.6 is 11.8 Å². The third kappa shape index (κ3) is 3.10. The third-order valence-electron chi connectivity index (χ3n) is 5.45. The maximum atomic E-state index is 12.6. The Bertz CT molecular complexity index is 674. The van der Waals surface area contributed by atoms with Crippen molar-refractivity contribution in [2.75, 3.05) is 23.7 Å². The monoisotopic (exact) mass is 360 g/mol. The summed E-state index contributed by atoms with van der Waals surface area (Å²) in [4.78, 5) is 33.1. The number of pyridine rings is 1. The van der Waals surface area contributed by atoms with Crippen molar-refractivity contribution in [3.05, 3.63) is 23.9 Å². The molecule has 7 heteroatoms. The zero-order chi connectivity index (χ0) is 17.4. The molecule has 1 N–H and O–H groups in total. The van der Waals surface area contributed by atoms with Gasteiger partial charge in [0.05, 0.1) is 4.87 Å². The molecule has 0 radical (unpaired) electrons. The molecule has 3 aliphatic rings. The molecule has 6 nitrogen and oxygen atoms in total. The molecule has 0 aliphatic carbocycles. The Kier molecular flexibility index (Phi) is 4.35. The van der Waals surface area contributed by atoms with Crippen LogP contribution in [0.1, 0.15) is 38.2 Å². The summed E-state index contributed by atoms with van der Waals surface area (Å²) in [5.41, 5.74) is 0.984. The zero-order valence-electron chi connectivity index (χ0n) is 14.5. The van der Waals surface area contributed by atoms with E-state index >= 15 is 0 Å². The van der Waals surface area contributed by atoms with Crippen LogP contribution in [0.2, 0.25) is 0 Å². The molecule has 2 atom stereocenters. The summed E-state index contributed by atoms with van der Waals surface area (Å²) in [6.07, 6.45) is 5.68. The van der Waals surface area contributed by atoms with Gasteiger partial charge in [-0.2, -0.15) is 0 Å². The number of nitrogens with one attached hydrogen (secondary N) is 1. The number of rotatable bonds is 4. The van der Waals surface area contributed by atoms with Crippen molar-refractivity contribution in [2.24, 2.45) is 0 Å². The Morgan fingerprint density at radius 2 is 2.20 bits per heavy atom. The van der Waals surface area contributed by atoms with E-state index in [1.807, 2.05) is 18.3 Å². The van der Waals surface area contributed by atoms with Crippen LogP contribution in [0.25, 0.3) is 0 Å². The average Bonchev–Trinajstić information content (AvgIpc) is 3.32. The van der Waals surface area contributed by atoms with E-state index in [1.165, 1.54) is 12.8 Å². The summed E-state index contributed by atoms with van der Waals surface area (Å²) in [7, 11) is 0. The standard InChI is InChI=1S/C18H24N4O2S/c1-18-7-6-16(23)22(18)14(12-25-18)17(24)20-11-13-4-5-15(19-10-13)21-8-2-3-9-21/h4-5,10,14H,2-3,6-9,11-12H2,1H3,(H,20,24). The van der Waals surface area contributed by atoms with E-state index in [0.29, 0.717) is 18.7 Å². The molecule has 2 unspecified atom stereocenters. The first-order chi connectivity index (χ1) is 12.1. The summed E-state index contributed by atoms with van der Waals surface area (Å²) in [5.74, 6) is 1.73. The minimum atomic E-state index is -0.346. The van der Waals surface area contributed by atoms with E-state index in [0.717, 1.165) is 30.9 Å². The van der Waals surface area contributed by atoms with Crippen molar-refractivity contribution >= 4 is 29.4 Å². The smallest absolute Gasteiger partial charge is 0.243 e. The minimum Gasteiger partial charge on any atom is -0.357 e. The maximum Gasteiger partial charge on any atom is 0.243 e. The van der Waals surface area contributed by atoms with Crippen LogP contribution < -0.4 is 10.2 Å². The van der Waals surface area contributed by atoms with Gasteiger partial charge in [0.25, 0.3) is 0 Å². The lowest BCUT2D eigenvalue weighted by molar-refractivity contribution is -0.138. The number of carbonyl (C=O) groups is 2. The fourth-order valence-corrected chi connectivity index (χ4v) is 5.41. The van der Waals surface area contributed by atoms with Crippen LogP contribution in [0.15, 0.2) is 18.3 Å². The van der Waals surface area contributed by atoms with Gasteiger partial charge in [0, 0.05) is 38.0 Å². The molecule has 0 aromatic carbocycles. The Hall–Kier alpha value is -1.76. The van der Waals surface area contributed by atoms with Crippen LogP contribution in [-0.2, 0) is 16.1 Å². The van der Waals surface area contributed by atoms with Gasteiger partial charge in [-0.3, -0.25) is 9.59 Å². The Morgan fingerprint density at radius 1 is 1.40 bits per heavy atom. The van der Waals surface area contributed by atoms with Gasteiger partial charge < -0.3 is 15.1 Å². The normalized spacial score (nSPS) is 28.5. The van der Waals surface area contributed by atoms with Gasteiger partial charge in [-0.1, -0.05) is 6.07 Å². The largest absolute Gasteiger partial charge is 0.357 e. The van der Waals surface area contributed by atoms with E-state index in [1.54, 1.807) is 16.7 Å². The van der Waals surface area contributed by atoms with E-state index in [4.69, 9.17) is 0 Å². The molecule has 3 aliphatic heterocycles. The van der Waals surface area contributed by atoms with Gasteiger partial charge in [0.1, 0.15) is 11.9 Å². The van der Waals surface area contributed by atoms with Crippen molar-refractivity contribution in [2.45, 2.75) is 50.1 Å². The van der Waals surface area contributed by atoms with E-state index in [-0.39, 0.29) is 22.7 Å². The Labute approximate surface area is 152 Å². The molecular formula is C18H24N4O2S. The maximum absolute atomic E-state index is 12.6. The van der Waals surface area contributed by atoms with Gasteiger partial charge in [0.2, 0.25) is 11.8 Å². The van der Waals surface area contributed by atoms with Gasteiger partial charge in [-0.25, -0.2) is 4.98 Å². The molecular weight excluding hydrogens is 336 g/mol. The number of fused-ring (bicyclic) bond motifs is 1. The van der Waals surface area contributed by atoms with E-state index in [2.05, 4.69) is 22.1 Å². The molecule has 134 valence electrons. The molecule has 1 aromatic rings. The number of nitrogens with zero attached hydrogens (tertiary/aromatic N) is 3. The topological polar surface area (TPSA) is 65.5 Å². The first-order valence-electron chi connectivity index (χ1n) is 9.00. The van der Waals surface area contributed by atoms with Crippen LogP contribution in [0.4, 0.5) is 5.82 Å². The summed E-state index contributed by atoms with van der Waals surface area (Å²) >= 11 is 1.72. The lowest BCUT2D eigenvalue weighted by atomic mass is 10.2. The number of hydrogen-bond acceptors (Lipinski definition) is 5. The summed E-state index contributed by atoms with van der Waals surface area (Å²) in [6.45, 7) is 4.67. The average molecular weight is 360 g/mol. The first-order valence-corrected chi connectivity index (χ1v) is 9.99. The van der Waals surface area contributed by atoms with E-state index in [9.17, 15) is 9.59 Å². The highest BCUT2D eigenvalue weighted by molar-refractivity contribution is 8.01. The van der Waals surface area contributed by atoms with Crippen molar-refractivity contribution in [1.82, 2.24) is 15.2 Å². The quantitative estimate of drug-likeness (QED) is 0.886. The van der Waals surface area contributed by atoms with Crippen LogP contribution in [-0.4, -0.2) is 51.5 Å². The molecule has 3 saturated heterocycles. The molecule has 4 heterocycles. The summed E-state index contributed by atoms with van der Waals surface area (Å²) in [6, 6.07) is 3.70. The fourth-order valence-electron chi connectivity index (χ4n) is 3.98. The second-order valence-electron chi connectivity index (χ2n) is 7.20. The van der Waals surface area contributed by atoms with Crippen LogP contribution in [0, 0.1) is 0 Å². The van der Waals surface area contributed by atoms with Gasteiger partial charge >= 0.3 is 0 Å². The number of hydrogen-bond donors (Lipinski definition) is 1. The molecule has 0 spiro atoms. The number of thioether (sulfide) groups is 1. The SMILES string of the molecule is CC12CCC(=O)N1C(C(=O)NCc1ccc(N3CCCC3)nc1)CS2. The van der Waals surface area contributed by atoms with Gasteiger partial charge in [0.15, 0.2) is 0 Å². The highest BCUT2D eigenvalue weighted by Gasteiger charge is 2.52. The lowest BCUT2D eigenvalue weighted by Gasteiger charge is -2.29. The van der Waals surface area contributed by atoms with Gasteiger partial charge in [-0.15, -0.1) is 11.8 Å². The van der Waals surface area contributed by atoms with E-state index < -0.39 is 0 Å². The lowest BCUT2D eigenvalue weighted by Crippen LogP contribution is -2.49. The van der Waals surface area contributed by atoms with Gasteiger partial charge in [-0.05, 0) is 37.8 Å². The summed E-state index contributed by atoms with van der Waals surface area (Å²) in [5, 5.41) is 2.98. The molecule has 25 heavy (non-hydrogen) atoms. The zero-order valence-corrected chi connectivity index (χ0v) is 15.3. The molecule has 0 bridgehead atoms. The first kappa shape index (κ1) is 16.7. The molecule has 1 aromatic heterocycles. The van der Waals surface area contributed by atoms with Crippen molar-refractivity contribution in [1.29, 1.82) is 0 Å². The molecule has 0 saturated carbocycles. The van der Waals surface area contributed by atoms with Crippen molar-refractivity contribution in [3.63, 3.8) is 0 Å². The Morgan fingerprint density at radius 3 is 2.92 bits per heavy atom. The predicted octanol–water partition coefficient (Wildman–Crippen LogP) is 1.75. The predicted molar refractivity (Wildman–Crippen MR) is 98.3 cm³/mol. The number of aromatic nitrogens is 1. The van der Waals surface area contributed by atoms with Crippen molar-refractivity contribution in [3.8, 4) is 0 Å². The molecule has 2 amide bonds. The van der Waals surface area contributed by atoms with Crippen molar-refractivity contribution < 1.29 is 9.59 Å². The molecule has 3 fully saturated rings. The minimum absolute atomic E-state index is 0.0601. The molecule has 4 rings (SSSR count). The number of carbonyl (C=O) groups excluding carboxylic acids is 2. The summed E-state index contributed by atoms with van der Waals surface area (Å²) < 4.78 is 0.